The number of halogens is 1. The maximum Gasteiger partial charge on any atom is 0.156 e. The molecule has 0 aromatic carbocycles. The largest absolute Gasteiger partial charge is 0.262 e. The summed E-state index contributed by atoms with van der Waals surface area (Å²) in [5.74, 6) is 0.206. The lowest BCUT2D eigenvalue weighted by molar-refractivity contribution is 0.609. The van der Waals surface area contributed by atoms with Crippen LogP contribution in [0, 0.1) is 12.7 Å². The standard InChI is InChI=1S/C11H8FN5/c1-7-4-11(14-5-8(7)12)17-10-2-3-13-6-9(10)15-16-17/h2-6H,1H3. The van der Waals surface area contributed by atoms with E-state index in [2.05, 4.69) is 20.3 Å². The third-order valence-electron chi connectivity index (χ3n) is 2.50. The molecule has 0 radical (unpaired) electrons. The van der Waals surface area contributed by atoms with E-state index in [0.29, 0.717) is 16.9 Å². The molecule has 3 rings (SSSR count). The van der Waals surface area contributed by atoms with Gasteiger partial charge in [-0.2, -0.15) is 4.68 Å². The van der Waals surface area contributed by atoms with E-state index in [1.807, 2.05) is 0 Å². The first-order valence-electron chi connectivity index (χ1n) is 5.03. The molecule has 5 nitrogen and oxygen atoms in total. The second-order valence-electron chi connectivity index (χ2n) is 3.66. The van der Waals surface area contributed by atoms with Crippen molar-refractivity contribution in [2.75, 3.05) is 0 Å². The molecular formula is C11H8FN5. The molecule has 0 fully saturated rings. The van der Waals surface area contributed by atoms with Crippen LogP contribution in [0.3, 0.4) is 0 Å². The van der Waals surface area contributed by atoms with Crippen LogP contribution in [0.5, 0.6) is 0 Å². The van der Waals surface area contributed by atoms with Gasteiger partial charge in [-0.25, -0.2) is 9.37 Å². The van der Waals surface area contributed by atoms with Crippen molar-refractivity contribution in [2.24, 2.45) is 0 Å². The van der Waals surface area contributed by atoms with Crippen LogP contribution in [0.25, 0.3) is 16.9 Å². The Morgan fingerprint density at radius 2 is 2.18 bits per heavy atom. The highest BCUT2D eigenvalue weighted by molar-refractivity contribution is 5.74. The molecule has 0 aliphatic heterocycles. The first kappa shape index (κ1) is 9.83. The zero-order chi connectivity index (χ0) is 11.8. The lowest BCUT2D eigenvalue weighted by Crippen LogP contribution is -2.01. The fourth-order valence-electron chi connectivity index (χ4n) is 1.59. The summed E-state index contributed by atoms with van der Waals surface area (Å²) in [6.45, 7) is 1.68. The van der Waals surface area contributed by atoms with Crippen LogP contribution in [0.4, 0.5) is 4.39 Å². The van der Waals surface area contributed by atoms with Crippen molar-refractivity contribution >= 4 is 11.0 Å². The molecule has 84 valence electrons. The maximum atomic E-state index is 13.1. The lowest BCUT2D eigenvalue weighted by Gasteiger charge is -2.02. The Kier molecular flexibility index (Phi) is 2.07. The first-order chi connectivity index (χ1) is 8.25. The normalized spacial score (nSPS) is 10.9. The molecule has 0 spiro atoms. The molecule has 0 aliphatic rings. The Balaban J connectivity index is 2.24. The summed E-state index contributed by atoms with van der Waals surface area (Å²) in [6, 6.07) is 3.42. The number of hydrogen-bond donors (Lipinski definition) is 0. The van der Waals surface area contributed by atoms with E-state index in [9.17, 15) is 4.39 Å². The quantitative estimate of drug-likeness (QED) is 0.636. The average molecular weight is 229 g/mol. The highest BCUT2D eigenvalue weighted by atomic mass is 19.1. The number of pyridine rings is 2. The van der Waals surface area contributed by atoms with Crippen molar-refractivity contribution in [3.05, 3.63) is 42.1 Å². The van der Waals surface area contributed by atoms with Crippen molar-refractivity contribution in [3.63, 3.8) is 0 Å². The summed E-state index contributed by atoms with van der Waals surface area (Å²) in [7, 11) is 0. The first-order valence-corrected chi connectivity index (χ1v) is 5.03. The van der Waals surface area contributed by atoms with Gasteiger partial charge in [0.1, 0.15) is 11.3 Å². The molecule has 0 amide bonds. The van der Waals surface area contributed by atoms with Crippen LogP contribution in [0.15, 0.2) is 30.7 Å². The van der Waals surface area contributed by atoms with Crippen LogP contribution in [0.1, 0.15) is 5.56 Å². The second-order valence-corrected chi connectivity index (χ2v) is 3.66. The van der Waals surface area contributed by atoms with Crippen molar-refractivity contribution in [1.29, 1.82) is 0 Å². The molecule has 3 aromatic heterocycles. The van der Waals surface area contributed by atoms with Gasteiger partial charge in [0.15, 0.2) is 5.82 Å². The molecular weight excluding hydrogens is 221 g/mol. The fourth-order valence-corrected chi connectivity index (χ4v) is 1.59. The Hall–Kier alpha value is -2.37. The molecule has 6 heteroatoms. The summed E-state index contributed by atoms with van der Waals surface area (Å²) >= 11 is 0. The van der Waals surface area contributed by atoms with Gasteiger partial charge in [0.2, 0.25) is 0 Å². The predicted octanol–water partition coefficient (Wildman–Crippen LogP) is 1.66. The SMILES string of the molecule is Cc1cc(-n2nnc3cnccc32)ncc1F. The van der Waals surface area contributed by atoms with Crippen LogP contribution in [0.2, 0.25) is 0 Å². The third kappa shape index (κ3) is 1.54. The van der Waals surface area contributed by atoms with Gasteiger partial charge in [-0.1, -0.05) is 5.21 Å². The molecule has 0 saturated heterocycles. The fraction of sp³-hybridized carbons (Fsp3) is 0.0909. The maximum absolute atomic E-state index is 13.1. The van der Waals surface area contributed by atoms with Crippen molar-refractivity contribution in [1.82, 2.24) is 25.0 Å². The van der Waals surface area contributed by atoms with Gasteiger partial charge in [-0.15, -0.1) is 5.10 Å². The van der Waals surface area contributed by atoms with E-state index >= 15 is 0 Å². The summed E-state index contributed by atoms with van der Waals surface area (Å²) in [5.41, 5.74) is 1.99. The highest BCUT2D eigenvalue weighted by Gasteiger charge is 2.08. The molecule has 3 aromatic rings. The molecule has 3 heterocycles. The molecule has 0 atom stereocenters. The number of nitrogens with zero attached hydrogens (tertiary/aromatic N) is 5. The highest BCUT2D eigenvalue weighted by Crippen LogP contribution is 2.15. The van der Waals surface area contributed by atoms with Gasteiger partial charge in [0.25, 0.3) is 0 Å². The van der Waals surface area contributed by atoms with Gasteiger partial charge in [0.05, 0.1) is 17.9 Å². The second kappa shape index (κ2) is 3.58. The molecule has 0 bridgehead atoms. The zero-order valence-electron chi connectivity index (χ0n) is 9.00. The van der Waals surface area contributed by atoms with E-state index in [1.54, 1.807) is 36.1 Å². The summed E-state index contributed by atoms with van der Waals surface area (Å²) < 4.78 is 14.7. The summed E-state index contributed by atoms with van der Waals surface area (Å²) in [6.07, 6.45) is 4.45. The van der Waals surface area contributed by atoms with Crippen LogP contribution in [-0.2, 0) is 0 Å². The molecule has 0 aliphatic carbocycles. The Morgan fingerprint density at radius 1 is 1.29 bits per heavy atom. The Morgan fingerprint density at radius 3 is 3.00 bits per heavy atom. The van der Waals surface area contributed by atoms with E-state index in [4.69, 9.17) is 0 Å². The van der Waals surface area contributed by atoms with Gasteiger partial charge >= 0.3 is 0 Å². The lowest BCUT2D eigenvalue weighted by atomic mass is 10.3. The molecule has 0 unspecified atom stereocenters. The third-order valence-corrected chi connectivity index (χ3v) is 2.50. The minimum atomic E-state index is -0.333. The zero-order valence-corrected chi connectivity index (χ0v) is 9.00. The van der Waals surface area contributed by atoms with Gasteiger partial charge in [0, 0.05) is 6.20 Å². The monoisotopic (exact) mass is 229 g/mol. The van der Waals surface area contributed by atoms with Crippen molar-refractivity contribution in [2.45, 2.75) is 6.92 Å². The summed E-state index contributed by atoms with van der Waals surface area (Å²) in [5, 5.41) is 7.94. The van der Waals surface area contributed by atoms with Crippen molar-refractivity contribution in [3.8, 4) is 5.82 Å². The van der Waals surface area contributed by atoms with Crippen molar-refractivity contribution < 1.29 is 4.39 Å². The van der Waals surface area contributed by atoms with Gasteiger partial charge < -0.3 is 0 Å². The van der Waals surface area contributed by atoms with Gasteiger partial charge in [-0.3, -0.25) is 4.98 Å². The smallest absolute Gasteiger partial charge is 0.156 e. The number of rotatable bonds is 1. The van der Waals surface area contributed by atoms with E-state index in [1.165, 1.54) is 6.20 Å². The Labute approximate surface area is 95.9 Å². The van der Waals surface area contributed by atoms with Crippen LogP contribution < -0.4 is 0 Å². The molecule has 0 N–H and O–H groups in total. The average Bonchev–Trinajstić information content (AvgIpc) is 2.76. The van der Waals surface area contributed by atoms with E-state index in [0.717, 1.165) is 5.52 Å². The summed E-state index contributed by atoms with van der Waals surface area (Å²) in [4.78, 5) is 7.95. The van der Waals surface area contributed by atoms with Crippen LogP contribution >= 0.6 is 0 Å². The minimum absolute atomic E-state index is 0.333. The minimum Gasteiger partial charge on any atom is -0.262 e. The molecule has 0 saturated carbocycles. The van der Waals surface area contributed by atoms with Crippen LogP contribution in [-0.4, -0.2) is 25.0 Å². The van der Waals surface area contributed by atoms with Gasteiger partial charge in [-0.05, 0) is 24.6 Å². The number of fused-ring (bicyclic) bond motifs is 1. The number of aryl methyl sites for hydroxylation is 1. The number of aromatic nitrogens is 5. The predicted molar refractivity (Wildman–Crippen MR) is 59.2 cm³/mol. The van der Waals surface area contributed by atoms with E-state index in [-0.39, 0.29) is 5.82 Å². The number of hydrogen-bond acceptors (Lipinski definition) is 4. The Bertz CT molecular complexity index is 691. The molecule has 17 heavy (non-hydrogen) atoms. The van der Waals surface area contributed by atoms with E-state index < -0.39 is 0 Å². The topological polar surface area (TPSA) is 56.5 Å².